The van der Waals surface area contributed by atoms with Crippen LogP contribution in [-0.4, -0.2) is 18.8 Å². The lowest BCUT2D eigenvalue weighted by molar-refractivity contribution is 0.0475. The van der Waals surface area contributed by atoms with Gasteiger partial charge in [-0.25, -0.2) is 0 Å². The van der Waals surface area contributed by atoms with E-state index in [1.54, 1.807) is 0 Å². The molecule has 1 aromatic rings. The lowest BCUT2D eigenvalue weighted by Gasteiger charge is -2.31. The molecule has 1 aliphatic rings. The Morgan fingerprint density at radius 1 is 1.15 bits per heavy atom. The summed E-state index contributed by atoms with van der Waals surface area (Å²) < 4.78 is 6.06. The highest BCUT2D eigenvalue weighted by molar-refractivity contribution is 5.36. The minimum atomic E-state index is 0.309. The Labute approximate surface area is 123 Å². The van der Waals surface area contributed by atoms with Crippen LogP contribution in [0.15, 0.2) is 18.2 Å². The van der Waals surface area contributed by atoms with E-state index in [4.69, 9.17) is 4.74 Å². The second-order valence-corrected chi connectivity index (χ2v) is 6.31. The molecule has 112 valence electrons. The van der Waals surface area contributed by atoms with E-state index < -0.39 is 0 Å². The van der Waals surface area contributed by atoms with E-state index in [0.717, 1.165) is 6.54 Å². The molecule has 5 atom stereocenters. The highest BCUT2D eigenvalue weighted by Crippen LogP contribution is 2.41. The smallest absolute Gasteiger partial charge is 0.0600 e. The first-order valence-electron chi connectivity index (χ1n) is 7.92. The highest BCUT2D eigenvalue weighted by Gasteiger charge is 2.42. The zero-order chi connectivity index (χ0) is 14.9. The van der Waals surface area contributed by atoms with Gasteiger partial charge < -0.3 is 10.1 Å². The van der Waals surface area contributed by atoms with Crippen LogP contribution < -0.4 is 5.32 Å². The molecule has 0 bridgehead atoms. The molecule has 5 unspecified atom stereocenters. The van der Waals surface area contributed by atoms with E-state index in [2.05, 4.69) is 65.1 Å². The first-order chi connectivity index (χ1) is 9.47. The molecule has 0 radical (unpaired) electrons. The zero-order valence-electron chi connectivity index (χ0n) is 13.7. The Morgan fingerprint density at radius 3 is 2.40 bits per heavy atom. The van der Waals surface area contributed by atoms with Crippen molar-refractivity contribution in [1.29, 1.82) is 0 Å². The maximum atomic E-state index is 6.06. The molecule has 1 aliphatic heterocycles. The van der Waals surface area contributed by atoms with Gasteiger partial charge in [0.2, 0.25) is 0 Å². The fourth-order valence-electron chi connectivity index (χ4n) is 3.65. The molecular formula is C18H29NO. The van der Waals surface area contributed by atoms with Gasteiger partial charge in [-0.05, 0) is 56.8 Å². The highest BCUT2D eigenvalue weighted by atomic mass is 16.5. The number of hydrogen-bond acceptors (Lipinski definition) is 2. The summed E-state index contributed by atoms with van der Waals surface area (Å²) in [6.07, 6.45) is 0.658. The van der Waals surface area contributed by atoms with Gasteiger partial charge in [-0.15, -0.1) is 0 Å². The first kappa shape index (κ1) is 15.5. The number of benzene rings is 1. The molecule has 2 nitrogen and oxygen atoms in total. The minimum absolute atomic E-state index is 0.309. The summed E-state index contributed by atoms with van der Waals surface area (Å²) in [5.41, 5.74) is 4.23. The van der Waals surface area contributed by atoms with Gasteiger partial charge in [0, 0.05) is 12.0 Å². The monoisotopic (exact) mass is 275 g/mol. The molecule has 2 heteroatoms. The number of nitrogens with one attached hydrogen (secondary N) is 1. The second-order valence-electron chi connectivity index (χ2n) is 6.31. The number of hydrogen-bond donors (Lipinski definition) is 1. The van der Waals surface area contributed by atoms with Crippen LogP contribution in [0, 0.1) is 25.7 Å². The summed E-state index contributed by atoms with van der Waals surface area (Å²) in [5.74, 6) is 1.11. The quantitative estimate of drug-likeness (QED) is 0.896. The average molecular weight is 275 g/mol. The molecule has 0 saturated carbocycles. The second kappa shape index (κ2) is 6.28. The van der Waals surface area contributed by atoms with Crippen molar-refractivity contribution >= 4 is 0 Å². The van der Waals surface area contributed by atoms with Crippen LogP contribution in [0.5, 0.6) is 0 Å². The number of ether oxygens (including phenoxy) is 1. The Bertz CT molecular complexity index is 457. The third kappa shape index (κ3) is 2.77. The zero-order valence-corrected chi connectivity index (χ0v) is 13.7. The average Bonchev–Trinajstić information content (AvgIpc) is 2.65. The van der Waals surface area contributed by atoms with Crippen LogP contribution >= 0.6 is 0 Å². The minimum Gasteiger partial charge on any atom is -0.375 e. The van der Waals surface area contributed by atoms with Crippen LogP contribution in [0.2, 0.25) is 0 Å². The maximum Gasteiger partial charge on any atom is 0.0600 e. The van der Waals surface area contributed by atoms with Crippen molar-refractivity contribution in [2.24, 2.45) is 11.8 Å². The lowest BCUT2D eigenvalue weighted by atomic mass is 9.79. The third-order valence-electron chi connectivity index (χ3n) is 5.11. The fraction of sp³-hybridized carbons (Fsp3) is 0.667. The number of rotatable bonds is 4. The van der Waals surface area contributed by atoms with Gasteiger partial charge in [0.25, 0.3) is 0 Å². The van der Waals surface area contributed by atoms with Crippen LogP contribution in [0.25, 0.3) is 0 Å². The Balaban J connectivity index is 2.38. The van der Waals surface area contributed by atoms with Crippen molar-refractivity contribution < 1.29 is 4.74 Å². The van der Waals surface area contributed by atoms with Crippen LogP contribution in [0.3, 0.4) is 0 Å². The van der Waals surface area contributed by atoms with E-state index in [-0.39, 0.29) is 0 Å². The molecule has 1 heterocycles. The van der Waals surface area contributed by atoms with Crippen molar-refractivity contribution in [2.75, 3.05) is 6.54 Å². The van der Waals surface area contributed by atoms with Crippen molar-refractivity contribution in [3.05, 3.63) is 34.9 Å². The fourth-order valence-corrected chi connectivity index (χ4v) is 3.65. The predicted octanol–water partition coefficient (Wildman–Crippen LogP) is 4.01. The molecule has 1 N–H and O–H groups in total. The topological polar surface area (TPSA) is 21.3 Å². The van der Waals surface area contributed by atoms with Gasteiger partial charge >= 0.3 is 0 Å². The molecular weight excluding hydrogens is 246 g/mol. The van der Waals surface area contributed by atoms with Crippen molar-refractivity contribution in [3.63, 3.8) is 0 Å². The van der Waals surface area contributed by atoms with Gasteiger partial charge in [-0.3, -0.25) is 0 Å². The van der Waals surface area contributed by atoms with Gasteiger partial charge in [-0.2, -0.15) is 0 Å². The van der Waals surface area contributed by atoms with Crippen LogP contribution in [0.1, 0.15) is 50.4 Å². The maximum absolute atomic E-state index is 6.06. The summed E-state index contributed by atoms with van der Waals surface area (Å²) in [6.45, 7) is 14.4. The molecule has 0 amide bonds. The molecule has 0 aliphatic carbocycles. The Hall–Kier alpha value is -0.860. The molecule has 1 fully saturated rings. The van der Waals surface area contributed by atoms with E-state index in [1.807, 2.05) is 0 Å². The van der Waals surface area contributed by atoms with Crippen molar-refractivity contribution in [3.8, 4) is 0 Å². The molecule has 2 rings (SSSR count). The summed E-state index contributed by atoms with van der Waals surface area (Å²) >= 11 is 0. The third-order valence-corrected chi connectivity index (χ3v) is 5.11. The Morgan fingerprint density at radius 2 is 1.85 bits per heavy atom. The van der Waals surface area contributed by atoms with E-state index >= 15 is 0 Å². The Kier molecular flexibility index (Phi) is 4.87. The molecule has 1 saturated heterocycles. The predicted molar refractivity (Wildman–Crippen MR) is 85.0 cm³/mol. The summed E-state index contributed by atoms with van der Waals surface area (Å²) in [5, 5.41) is 3.71. The van der Waals surface area contributed by atoms with Crippen LogP contribution in [0.4, 0.5) is 0 Å². The van der Waals surface area contributed by atoms with E-state index in [9.17, 15) is 0 Å². The molecule has 20 heavy (non-hydrogen) atoms. The molecule has 1 aromatic carbocycles. The van der Waals surface area contributed by atoms with Gasteiger partial charge in [-0.1, -0.05) is 32.0 Å². The normalized spacial score (nSPS) is 31.5. The van der Waals surface area contributed by atoms with Crippen molar-refractivity contribution in [2.45, 2.75) is 59.8 Å². The summed E-state index contributed by atoms with van der Waals surface area (Å²) in [6, 6.07) is 7.03. The van der Waals surface area contributed by atoms with Crippen molar-refractivity contribution in [1.82, 2.24) is 5.32 Å². The first-order valence-corrected chi connectivity index (χ1v) is 7.92. The standard InChI is InChI=1S/C18H29NO/c1-7-19-18(16-10-8-9-11(2)12(16)3)17-13(4)14(5)20-15(17)6/h8-10,13-15,17-19H,7H2,1-6H3. The van der Waals surface area contributed by atoms with Crippen LogP contribution in [-0.2, 0) is 4.74 Å². The SMILES string of the molecule is CCNC(c1cccc(C)c1C)C1C(C)OC(C)C1C. The largest absolute Gasteiger partial charge is 0.375 e. The molecule has 0 aromatic heterocycles. The van der Waals surface area contributed by atoms with Gasteiger partial charge in [0.05, 0.1) is 12.2 Å². The number of aryl methyl sites for hydroxylation is 1. The summed E-state index contributed by atoms with van der Waals surface area (Å²) in [7, 11) is 0. The van der Waals surface area contributed by atoms with Gasteiger partial charge in [0.1, 0.15) is 0 Å². The van der Waals surface area contributed by atoms with E-state index in [0.29, 0.717) is 30.1 Å². The molecule has 0 spiro atoms. The van der Waals surface area contributed by atoms with E-state index in [1.165, 1.54) is 16.7 Å². The summed E-state index contributed by atoms with van der Waals surface area (Å²) in [4.78, 5) is 0. The lowest BCUT2D eigenvalue weighted by Crippen LogP contribution is -2.35. The van der Waals surface area contributed by atoms with Gasteiger partial charge in [0.15, 0.2) is 0 Å².